The zero-order chi connectivity index (χ0) is 68.6. The molecule has 0 radical (unpaired) electrons. The van der Waals surface area contributed by atoms with Gasteiger partial charge in [-0.1, -0.05) is 50.0 Å². The Morgan fingerprint density at radius 3 is 1.26 bits per heavy atom. The molecular formula is C61H117N13O15S. The van der Waals surface area contributed by atoms with E-state index in [0.29, 0.717) is 76.0 Å². The largest absolute Gasteiger partial charge is 0.411 e. The zero-order valence-corrected chi connectivity index (χ0v) is 57.0. The van der Waals surface area contributed by atoms with Crippen LogP contribution in [0.5, 0.6) is 0 Å². The van der Waals surface area contributed by atoms with Crippen LogP contribution in [0.4, 0.5) is 0 Å². The fourth-order valence-corrected chi connectivity index (χ4v) is 7.36. The topological polar surface area (TPSA) is 416 Å². The molecular weight excluding hydrogens is 1190 g/mol. The van der Waals surface area contributed by atoms with Gasteiger partial charge in [-0.25, -0.2) is 0 Å². The maximum Gasteiger partial charge on any atom is 0.246 e. The van der Waals surface area contributed by atoms with Gasteiger partial charge < -0.3 is 88.7 Å². The number of unbranched alkanes of at least 4 members (excludes halogenated alkanes) is 3. The summed E-state index contributed by atoms with van der Waals surface area (Å²) in [6, 6.07) is -1.33. The normalized spacial score (nSPS) is 12.9. The predicted octanol–water partition coefficient (Wildman–Crippen LogP) is 2.70. The fraction of sp³-hybridized carbons (Fsp3) is 0.787. The van der Waals surface area contributed by atoms with E-state index < -0.39 is 35.0 Å². The van der Waals surface area contributed by atoms with E-state index in [1.165, 1.54) is 0 Å². The summed E-state index contributed by atoms with van der Waals surface area (Å²) < 4.78 is 21.4. The molecule has 0 aliphatic carbocycles. The van der Waals surface area contributed by atoms with Crippen LogP contribution in [-0.4, -0.2) is 209 Å². The molecule has 0 saturated heterocycles. The summed E-state index contributed by atoms with van der Waals surface area (Å²) in [7, 11) is 0. The number of primary amides is 2. The average molecular weight is 1300 g/mol. The second-order valence-electron chi connectivity index (χ2n) is 22.7. The summed E-state index contributed by atoms with van der Waals surface area (Å²) in [6.07, 6.45) is 13.1. The molecule has 0 aromatic rings. The van der Waals surface area contributed by atoms with Crippen LogP contribution in [0.1, 0.15) is 165 Å². The van der Waals surface area contributed by atoms with Gasteiger partial charge in [0.05, 0.1) is 68.2 Å². The van der Waals surface area contributed by atoms with Crippen LogP contribution in [0.3, 0.4) is 0 Å². The first-order valence-corrected chi connectivity index (χ1v) is 33.0. The van der Waals surface area contributed by atoms with Gasteiger partial charge in [-0.05, 0) is 118 Å². The minimum absolute atomic E-state index is 0.0182. The molecule has 522 valence electrons. The standard InChI is InChI=1S/C55H103N13O15.C4H8.C2H6S/c1-39(51(56)75)17-9-12-25-59-49(73)37-82-33-32-81-30-28-61-50(74)38-83-34-31-80-29-27-60-46(70)21-15-20-45(69)58-24-14-11-19-44(53(77)62-26-13-10-18-40(2)52(57)76)66-48(72)23-16-22-47(71)65-43(35-63-54(5,6)41(3)67-78)36-64-55(7,8)42(4)68-79;1-3-4-2;1-3-2/h39-40,43-44,63-64,78-79H,9-38H2,1-8H3,(H2,56,75)(H2,57,76)(H,58,69)(H,59,73)(H,60,70)(H,61,74)(H,62,77)(H,65,71)(H,66,72);3H,1,4H2,2H3;1-2H3/b67-41+,68-42+;;/t39-,40-,44-;;/m0../s1. The van der Waals surface area contributed by atoms with Gasteiger partial charge in [-0.2, -0.15) is 11.8 Å². The van der Waals surface area contributed by atoms with Crippen molar-refractivity contribution in [2.75, 3.05) is 111 Å². The molecule has 0 rings (SSSR count). The summed E-state index contributed by atoms with van der Waals surface area (Å²) >= 11 is 1.75. The Morgan fingerprint density at radius 2 is 0.856 bits per heavy atom. The van der Waals surface area contributed by atoms with Gasteiger partial charge in [0.15, 0.2) is 0 Å². The maximum absolute atomic E-state index is 13.3. The molecule has 15 N–H and O–H groups in total. The summed E-state index contributed by atoms with van der Waals surface area (Å²) in [5, 5.41) is 51.5. The first kappa shape index (κ1) is 88.2. The van der Waals surface area contributed by atoms with E-state index in [0.717, 1.165) is 19.3 Å². The molecule has 0 aliphatic rings. The van der Waals surface area contributed by atoms with E-state index in [4.69, 9.17) is 30.4 Å². The van der Waals surface area contributed by atoms with Crippen molar-refractivity contribution in [2.24, 2.45) is 33.6 Å². The lowest BCUT2D eigenvalue weighted by Gasteiger charge is -2.32. The molecule has 90 heavy (non-hydrogen) atoms. The first-order chi connectivity index (χ1) is 42.7. The molecule has 9 amide bonds. The lowest BCUT2D eigenvalue weighted by molar-refractivity contribution is -0.129. The van der Waals surface area contributed by atoms with Crippen molar-refractivity contribution in [2.45, 2.75) is 188 Å². The molecule has 0 aromatic heterocycles. The number of oxime groups is 2. The van der Waals surface area contributed by atoms with Crippen molar-refractivity contribution < 1.29 is 72.5 Å². The molecule has 28 nitrogen and oxygen atoms in total. The molecule has 29 heteroatoms. The number of nitrogens with zero attached hydrogens (tertiary/aromatic N) is 2. The number of carbonyl (C=O) groups is 9. The lowest BCUT2D eigenvalue weighted by atomic mass is 9.98. The monoisotopic (exact) mass is 1300 g/mol. The molecule has 0 bridgehead atoms. The van der Waals surface area contributed by atoms with Crippen molar-refractivity contribution in [3.63, 3.8) is 0 Å². The van der Waals surface area contributed by atoms with Crippen LogP contribution in [0.15, 0.2) is 23.0 Å². The fourth-order valence-electron chi connectivity index (χ4n) is 7.36. The quantitative estimate of drug-likeness (QED) is 0.0137. The van der Waals surface area contributed by atoms with Gasteiger partial charge in [0.2, 0.25) is 53.2 Å². The number of allylic oxidation sites excluding steroid dienone is 1. The van der Waals surface area contributed by atoms with Crippen molar-refractivity contribution in [3.05, 3.63) is 12.7 Å². The Morgan fingerprint density at radius 1 is 0.511 bits per heavy atom. The Hall–Kier alpha value is -5.98. The van der Waals surface area contributed by atoms with Crippen LogP contribution in [0.25, 0.3) is 0 Å². The SMILES string of the molecule is C/C(=N\O)C(C)(C)NCC(CNC(C)(C)/C(C)=N/O)NC(=O)CCCC(=O)N[C@@H](CCCCNC(=O)CCCC(=O)NCCOCCOCC(=O)NCCOCCOCC(=O)NCCCC[C@H](C)C(N)=O)C(=O)NCCCC[C@H](C)C(N)=O.C=CCC.CSC. The van der Waals surface area contributed by atoms with Gasteiger partial charge in [0.25, 0.3) is 0 Å². The van der Waals surface area contributed by atoms with Gasteiger partial charge in [0.1, 0.15) is 19.3 Å². The molecule has 0 heterocycles. The van der Waals surface area contributed by atoms with E-state index in [-0.39, 0.29) is 171 Å². The van der Waals surface area contributed by atoms with Crippen molar-refractivity contribution >= 4 is 76.3 Å². The van der Waals surface area contributed by atoms with Gasteiger partial charge in [0, 0.05) is 83.3 Å². The third-order valence-electron chi connectivity index (χ3n) is 13.9. The minimum atomic E-state index is -0.876. The van der Waals surface area contributed by atoms with Gasteiger partial charge in [-0.3, -0.25) is 43.2 Å². The predicted molar refractivity (Wildman–Crippen MR) is 352 cm³/mol. The lowest BCUT2D eigenvalue weighted by Crippen LogP contribution is -2.57. The molecule has 0 unspecified atom stereocenters. The van der Waals surface area contributed by atoms with Gasteiger partial charge in [-0.15, -0.1) is 6.58 Å². The number of rotatable bonds is 53. The smallest absolute Gasteiger partial charge is 0.246 e. The first-order valence-electron chi connectivity index (χ1n) is 31.4. The van der Waals surface area contributed by atoms with Crippen LogP contribution >= 0.6 is 11.8 Å². The Balaban J connectivity index is -0.0000102. The number of nitrogens with two attached hydrogens (primary N) is 2. The summed E-state index contributed by atoms with van der Waals surface area (Å²) in [5.41, 5.74) is 10.1. The second kappa shape index (κ2) is 57.0. The molecule has 3 atom stereocenters. The molecule has 0 aliphatic heterocycles. The van der Waals surface area contributed by atoms with Crippen molar-refractivity contribution in [1.82, 2.24) is 47.9 Å². The average Bonchev–Trinajstić information content (AvgIpc) is 3.36. The van der Waals surface area contributed by atoms with Crippen LogP contribution < -0.4 is 59.3 Å². The third-order valence-corrected chi connectivity index (χ3v) is 13.9. The van der Waals surface area contributed by atoms with E-state index in [1.807, 2.05) is 46.3 Å². The third kappa shape index (κ3) is 52.8. The summed E-state index contributed by atoms with van der Waals surface area (Å²) in [5.74, 6) is -3.34. The van der Waals surface area contributed by atoms with E-state index in [1.54, 1.807) is 39.5 Å². The molecule has 0 spiro atoms. The highest BCUT2D eigenvalue weighted by atomic mass is 32.2. The number of hydrogen-bond donors (Lipinski definition) is 13. The molecule has 0 saturated carbocycles. The van der Waals surface area contributed by atoms with Crippen LogP contribution in [0, 0.1) is 11.8 Å². The Labute approximate surface area is 540 Å². The Kier molecular flexibility index (Phi) is 55.8. The highest BCUT2D eigenvalue weighted by Crippen LogP contribution is 2.11. The van der Waals surface area contributed by atoms with E-state index in [9.17, 15) is 53.6 Å². The number of carbonyl (C=O) groups excluding carboxylic acids is 9. The molecule has 0 fully saturated rings. The maximum atomic E-state index is 13.3. The van der Waals surface area contributed by atoms with Crippen molar-refractivity contribution in [3.8, 4) is 0 Å². The highest BCUT2D eigenvalue weighted by molar-refractivity contribution is 7.97. The summed E-state index contributed by atoms with van der Waals surface area (Å²) in [4.78, 5) is 111. The summed E-state index contributed by atoms with van der Waals surface area (Å²) in [6.45, 7) is 23.0. The highest BCUT2D eigenvalue weighted by Gasteiger charge is 2.27. The second-order valence-corrected chi connectivity index (χ2v) is 23.5. The Bertz CT molecular complexity index is 2050. The van der Waals surface area contributed by atoms with E-state index in [2.05, 4.69) is 71.7 Å². The number of nitrogens with one attached hydrogen (secondary N) is 9. The van der Waals surface area contributed by atoms with Crippen molar-refractivity contribution in [1.29, 1.82) is 0 Å². The number of ether oxygens (including phenoxy) is 4. The zero-order valence-electron chi connectivity index (χ0n) is 56.2. The number of amides is 9. The number of thioether (sulfide) groups is 1. The van der Waals surface area contributed by atoms with Crippen LogP contribution in [0.2, 0.25) is 0 Å². The van der Waals surface area contributed by atoms with E-state index >= 15 is 0 Å². The van der Waals surface area contributed by atoms with Crippen LogP contribution in [-0.2, 0) is 62.1 Å². The van der Waals surface area contributed by atoms with Gasteiger partial charge >= 0.3 is 0 Å². The molecule has 0 aromatic carbocycles. The minimum Gasteiger partial charge on any atom is -0.411 e. The number of hydrogen-bond acceptors (Lipinski definition) is 20.